The third-order valence-corrected chi connectivity index (χ3v) is 7.36. The van der Waals surface area contributed by atoms with Crippen LogP contribution in [0.15, 0.2) is 59.5 Å². The monoisotopic (exact) mass is 424 g/mol. The Balaban J connectivity index is 2.19. The van der Waals surface area contributed by atoms with E-state index in [0.29, 0.717) is 17.8 Å². The number of rotatable bonds is 8. The summed E-state index contributed by atoms with van der Waals surface area (Å²) < 4.78 is 50.6. The van der Waals surface area contributed by atoms with Gasteiger partial charge in [0.05, 0.1) is 10.6 Å². The normalized spacial score (nSPS) is 12.1. The number of hydrogen-bond acceptors (Lipinski definition) is 5. The number of sulfone groups is 1. The van der Waals surface area contributed by atoms with Crippen molar-refractivity contribution in [2.45, 2.75) is 17.6 Å². The highest BCUT2D eigenvalue weighted by atomic mass is 32.2. The maximum Gasteiger partial charge on any atom is 0.242 e. The topological polar surface area (TPSA) is 91.8 Å². The third kappa shape index (κ3) is 5.40. The van der Waals surface area contributed by atoms with E-state index in [4.69, 9.17) is 0 Å². The molecule has 0 heterocycles. The molecule has 28 heavy (non-hydrogen) atoms. The molecule has 0 aliphatic heterocycles. The van der Waals surface area contributed by atoms with Crippen molar-refractivity contribution in [2.75, 3.05) is 31.3 Å². The molecule has 0 fully saturated rings. The van der Waals surface area contributed by atoms with Gasteiger partial charge in [-0.2, -0.15) is 0 Å². The number of sulfonamides is 1. The lowest BCUT2D eigenvalue weighted by Gasteiger charge is -2.21. The van der Waals surface area contributed by atoms with Crippen molar-refractivity contribution in [2.24, 2.45) is 0 Å². The second-order valence-electron chi connectivity index (χ2n) is 6.44. The minimum Gasteiger partial charge on any atom is -0.312 e. The molecule has 0 aromatic heterocycles. The van der Waals surface area contributed by atoms with Gasteiger partial charge in [0.25, 0.3) is 0 Å². The van der Waals surface area contributed by atoms with Crippen LogP contribution in [-0.4, -0.2) is 53.4 Å². The van der Waals surface area contributed by atoms with Crippen LogP contribution >= 0.6 is 0 Å². The van der Waals surface area contributed by atoms with Crippen molar-refractivity contribution in [1.82, 2.24) is 4.31 Å². The second kappa shape index (κ2) is 8.85. The number of nitrogens with zero attached hydrogens (tertiary/aromatic N) is 2. The van der Waals surface area contributed by atoms with Gasteiger partial charge in [-0.3, -0.25) is 4.79 Å². The lowest BCUT2D eigenvalue weighted by Crippen LogP contribution is -2.36. The molecule has 0 radical (unpaired) electrons. The maximum absolute atomic E-state index is 12.5. The average Bonchev–Trinajstić information content (AvgIpc) is 2.62. The Labute approximate surface area is 166 Å². The Bertz CT molecular complexity index is 1030. The first-order valence-corrected chi connectivity index (χ1v) is 11.9. The summed E-state index contributed by atoms with van der Waals surface area (Å²) in [4.78, 5) is 14.0. The van der Waals surface area contributed by atoms with Crippen LogP contribution in [0.2, 0.25) is 0 Å². The fourth-order valence-electron chi connectivity index (χ4n) is 2.69. The Morgan fingerprint density at radius 3 is 2.14 bits per heavy atom. The van der Waals surface area contributed by atoms with Gasteiger partial charge in [-0.1, -0.05) is 30.3 Å². The minimum absolute atomic E-state index is 0.0102. The zero-order valence-electron chi connectivity index (χ0n) is 16.1. The van der Waals surface area contributed by atoms with Gasteiger partial charge in [-0.25, -0.2) is 21.1 Å². The van der Waals surface area contributed by atoms with Gasteiger partial charge in [0.2, 0.25) is 15.9 Å². The molecule has 2 aromatic rings. The largest absolute Gasteiger partial charge is 0.312 e. The van der Waals surface area contributed by atoms with Crippen LogP contribution in [0.5, 0.6) is 0 Å². The van der Waals surface area contributed by atoms with Crippen LogP contribution in [0.3, 0.4) is 0 Å². The summed E-state index contributed by atoms with van der Waals surface area (Å²) in [7, 11) is -4.64. The van der Waals surface area contributed by atoms with E-state index >= 15 is 0 Å². The Morgan fingerprint density at radius 1 is 0.929 bits per heavy atom. The van der Waals surface area contributed by atoms with E-state index in [9.17, 15) is 21.6 Å². The quantitative estimate of drug-likeness (QED) is 0.645. The van der Waals surface area contributed by atoms with E-state index in [1.807, 2.05) is 6.07 Å². The molecule has 0 saturated heterocycles. The first-order valence-electron chi connectivity index (χ1n) is 8.64. The van der Waals surface area contributed by atoms with Gasteiger partial charge in [0, 0.05) is 26.3 Å². The van der Waals surface area contributed by atoms with Gasteiger partial charge in [-0.15, -0.1) is 0 Å². The molecule has 9 heteroatoms. The van der Waals surface area contributed by atoms with Crippen LogP contribution in [0.1, 0.15) is 12.5 Å². The van der Waals surface area contributed by atoms with E-state index in [-0.39, 0.29) is 4.90 Å². The molecular weight excluding hydrogens is 400 g/mol. The first kappa shape index (κ1) is 22.1. The highest BCUT2D eigenvalue weighted by molar-refractivity contribution is 7.91. The van der Waals surface area contributed by atoms with Crippen molar-refractivity contribution < 1.29 is 21.6 Å². The predicted octanol–water partition coefficient (Wildman–Crippen LogP) is 1.90. The van der Waals surface area contributed by atoms with Crippen LogP contribution in [-0.2, 0) is 30.4 Å². The predicted molar refractivity (Wildman–Crippen MR) is 109 cm³/mol. The highest BCUT2D eigenvalue weighted by Crippen LogP contribution is 2.18. The van der Waals surface area contributed by atoms with Crippen LogP contribution < -0.4 is 4.90 Å². The molecule has 2 rings (SSSR count). The van der Waals surface area contributed by atoms with Crippen molar-refractivity contribution in [1.29, 1.82) is 0 Å². The molecule has 0 saturated carbocycles. The molecule has 0 aliphatic carbocycles. The minimum atomic E-state index is -3.78. The lowest BCUT2D eigenvalue weighted by molar-refractivity contribution is -0.116. The van der Waals surface area contributed by atoms with Gasteiger partial charge >= 0.3 is 0 Å². The zero-order valence-corrected chi connectivity index (χ0v) is 17.7. The van der Waals surface area contributed by atoms with Gasteiger partial charge in [0.1, 0.15) is 5.75 Å². The van der Waals surface area contributed by atoms with Crippen molar-refractivity contribution in [3.8, 4) is 0 Å². The Hall–Kier alpha value is -2.23. The number of amides is 1. The van der Waals surface area contributed by atoms with E-state index < -0.39 is 37.3 Å². The maximum atomic E-state index is 12.5. The van der Waals surface area contributed by atoms with Crippen LogP contribution in [0, 0.1) is 0 Å². The molecule has 0 N–H and O–H groups in total. The number of hydrogen-bond donors (Lipinski definition) is 0. The van der Waals surface area contributed by atoms with Crippen molar-refractivity contribution in [3.63, 3.8) is 0 Å². The summed E-state index contributed by atoms with van der Waals surface area (Å²) in [5.74, 6) is -1.59. The first-order chi connectivity index (χ1) is 13.1. The fraction of sp³-hybridized carbons (Fsp3) is 0.316. The molecule has 152 valence electrons. The molecule has 0 spiro atoms. The molecule has 7 nitrogen and oxygen atoms in total. The average molecular weight is 425 g/mol. The van der Waals surface area contributed by atoms with Crippen LogP contribution in [0.25, 0.3) is 0 Å². The Kier molecular flexibility index (Phi) is 6.97. The lowest BCUT2D eigenvalue weighted by atomic mass is 10.2. The number of para-hydroxylation sites is 1. The molecule has 0 unspecified atom stereocenters. The molecule has 0 bridgehead atoms. The summed E-state index contributed by atoms with van der Waals surface area (Å²) in [5.41, 5.74) is 0.947. The Morgan fingerprint density at radius 2 is 1.57 bits per heavy atom. The summed E-state index contributed by atoms with van der Waals surface area (Å²) in [6.07, 6.45) is 0. The highest BCUT2D eigenvalue weighted by Gasteiger charge is 2.24. The fourth-order valence-corrected chi connectivity index (χ4v) is 4.98. The van der Waals surface area contributed by atoms with Gasteiger partial charge in [0.15, 0.2) is 9.84 Å². The van der Waals surface area contributed by atoms with E-state index in [0.717, 1.165) is 4.31 Å². The molecular formula is C19H24N2O5S2. The standard InChI is InChI=1S/C19H24N2O5S2/c1-4-21(17-10-6-5-7-11-17)19(22)15-27(23,24)14-16-9-8-12-18(13-16)28(25,26)20(2)3/h5-13H,4,14-15H2,1-3H3. The summed E-state index contributed by atoms with van der Waals surface area (Å²) in [6, 6.07) is 14.6. The van der Waals surface area contributed by atoms with E-state index in [1.54, 1.807) is 31.2 Å². The number of carbonyl (C=O) groups excluding carboxylic acids is 1. The molecule has 2 aromatic carbocycles. The van der Waals surface area contributed by atoms with Gasteiger partial charge in [-0.05, 0) is 36.8 Å². The van der Waals surface area contributed by atoms with E-state index in [1.165, 1.54) is 43.3 Å². The van der Waals surface area contributed by atoms with Gasteiger partial charge < -0.3 is 4.90 Å². The van der Waals surface area contributed by atoms with E-state index in [2.05, 4.69) is 0 Å². The molecule has 0 aliphatic rings. The summed E-state index contributed by atoms with van der Waals surface area (Å²) in [5, 5.41) is 0. The smallest absolute Gasteiger partial charge is 0.242 e. The second-order valence-corrected chi connectivity index (χ2v) is 10.7. The third-order valence-electron chi connectivity index (χ3n) is 4.09. The molecule has 1 amide bonds. The number of carbonyl (C=O) groups is 1. The molecule has 0 atom stereocenters. The van der Waals surface area contributed by atoms with Crippen molar-refractivity contribution >= 4 is 31.5 Å². The SMILES string of the molecule is CCN(C(=O)CS(=O)(=O)Cc1cccc(S(=O)(=O)N(C)C)c1)c1ccccc1. The van der Waals surface area contributed by atoms with Crippen LogP contribution in [0.4, 0.5) is 5.69 Å². The summed E-state index contributed by atoms with van der Waals surface area (Å²) in [6.45, 7) is 2.11. The zero-order chi connectivity index (χ0) is 20.9. The number of benzene rings is 2. The number of anilines is 1. The van der Waals surface area contributed by atoms with Crippen molar-refractivity contribution in [3.05, 3.63) is 60.2 Å². The summed E-state index contributed by atoms with van der Waals surface area (Å²) >= 11 is 0.